The van der Waals surface area contributed by atoms with E-state index in [1.54, 1.807) is 44.5 Å². The van der Waals surface area contributed by atoms with Crippen molar-refractivity contribution in [3.8, 4) is 5.75 Å². The highest BCUT2D eigenvalue weighted by Gasteiger charge is 2.65. The highest BCUT2D eigenvalue weighted by atomic mass is 32.2. The smallest absolute Gasteiger partial charge is 0.477 e. The molecule has 0 saturated carbocycles. The SMILES string of the molecule is CCN1CCN(C(=O)NC(C(=O)N[C@]2(SC)C(=O)N3C(C(=O)O)=C(CSc4nnnn4C)CS[C@@H]32)c2ccc(OC(=O)OCc3ccccc3)cc2)C(=O)C1=O. The number of nitrogens with zero attached hydrogens (tertiary/aromatic N) is 7. The van der Waals surface area contributed by atoms with E-state index >= 15 is 0 Å². The van der Waals surface area contributed by atoms with Crippen molar-refractivity contribution in [3.63, 3.8) is 0 Å². The number of aromatic nitrogens is 4. The van der Waals surface area contributed by atoms with Crippen molar-refractivity contribution in [3.05, 3.63) is 77.0 Å². The number of fused-ring (bicyclic) bond motifs is 1. The molecule has 3 aromatic rings. The molecule has 2 fully saturated rings. The summed E-state index contributed by atoms with van der Waals surface area (Å²) in [5, 5.41) is 26.3. The fraction of sp³-hybridized carbons (Fsp3) is 0.353. The van der Waals surface area contributed by atoms with Gasteiger partial charge in [0.15, 0.2) is 4.87 Å². The van der Waals surface area contributed by atoms with E-state index < -0.39 is 58.1 Å². The summed E-state index contributed by atoms with van der Waals surface area (Å²) in [5.74, 6) is -4.40. The molecule has 0 radical (unpaired) electrons. The quantitative estimate of drug-likeness (QED) is 0.0554. The van der Waals surface area contributed by atoms with Gasteiger partial charge in [0.05, 0.1) is 0 Å². The molecule has 294 valence electrons. The lowest BCUT2D eigenvalue weighted by Crippen LogP contribution is -2.78. The zero-order valence-electron chi connectivity index (χ0n) is 30.1. The number of urea groups is 1. The number of ether oxygens (including phenoxy) is 2. The maximum atomic E-state index is 14.3. The first-order valence-corrected chi connectivity index (χ1v) is 20.2. The number of hydrogen-bond donors (Lipinski definition) is 3. The Hall–Kier alpha value is -5.61. The lowest BCUT2D eigenvalue weighted by Gasteiger charge is -2.56. The summed E-state index contributed by atoms with van der Waals surface area (Å²) >= 11 is 3.45. The number of aryl methyl sites for hydroxylation is 1. The molecule has 0 aliphatic carbocycles. The van der Waals surface area contributed by atoms with Crippen LogP contribution in [0.3, 0.4) is 0 Å². The molecule has 4 heterocycles. The van der Waals surface area contributed by atoms with Crippen LogP contribution in [-0.4, -0.2) is 129 Å². The molecule has 1 aromatic heterocycles. The molecule has 1 unspecified atom stereocenters. The number of imide groups is 1. The summed E-state index contributed by atoms with van der Waals surface area (Å²) in [6, 6.07) is 11.9. The Bertz CT molecular complexity index is 2080. The van der Waals surface area contributed by atoms with Crippen LogP contribution in [-0.2, 0) is 42.4 Å². The van der Waals surface area contributed by atoms with E-state index in [0.717, 1.165) is 22.2 Å². The van der Waals surface area contributed by atoms with Crippen LogP contribution in [0, 0.1) is 0 Å². The summed E-state index contributed by atoms with van der Waals surface area (Å²) in [6.45, 7) is 1.89. The van der Waals surface area contributed by atoms with E-state index in [2.05, 4.69) is 26.2 Å². The first-order chi connectivity index (χ1) is 26.9. The second-order valence-corrected chi connectivity index (χ2v) is 15.4. The van der Waals surface area contributed by atoms with Crippen LogP contribution >= 0.6 is 35.3 Å². The van der Waals surface area contributed by atoms with Crippen molar-refractivity contribution in [2.45, 2.75) is 35.0 Å². The van der Waals surface area contributed by atoms with Gasteiger partial charge in [0.2, 0.25) is 11.1 Å². The molecule has 3 N–H and O–H groups in total. The number of thioether (sulfide) groups is 3. The molecule has 56 heavy (non-hydrogen) atoms. The lowest BCUT2D eigenvalue weighted by molar-refractivity contribution is -0.153. The number of amides is 6. The minimum Gasteiger partial charge on any atom is -0.477 e. The Balaban J connectivity index is 1.22. The van der Waals surface area contributed by atoms with Crippen LogP contribution < -0.4 is 15.4 Å². The number of carbonyl (C=O) groups is 7. The molecule has 6 amide bonds. The second kappa shape index (κ2) is 17.0. The Morgan fingerprint density at radius 1 is 1.05 bits per heavy atom. The number of nitrogens with one attached hydrogen (secondary N) is 2. The van der Waals surface area contributed by atoms with Gasteiger partial charge in [0.1, 0.15) is 29.5 Å². The normalized spacial score (nSPS) is 19.9. The maximum Gasteiger partial charge on any atom is 0.514 e. The van der Waals surface area contributed by atoms with Crippen molar-refractivity contribution in [2.24, 2.45) is 7.05 Å². The third kappa shape index (κ3) is 8.02. The van der Waals surface area contributed by atoms with Gasteiger partial charge < -0.3 is 30.1 Å². The Morgan fingerprint density at radius 3 is 2.43 bits per heavy atom. The van der Waals surface area contributed by atoms with Crippen molar-refractivity contribution in [2.75, 3.05) is 37.4 Å². The van der Waals surface area contributed by atoms with Gasteiger partial charge in [0.25, 0.3) is 5.91 Å². The number of tetrazole rings is 1. The molecule has 19 nitrogen and oxygen atoms in total. The minimum atomic E-state index is -1.65. The number of β-lactam (4-membered cyclic amide) rings is 1. The number of rotatable bonds is 13. The van der Waals surface area contributed by atoms with Crippen molar-refractivity contribution >= 4 is 77.1 Å². The van der Waals surface area contributed by atoms with Crippen LogP contribution in [0.25, 0.3) is 0 Å². The lowest BCUT2D eigenvalue weighted by atomic mass is 10.00. The van der Waals surface area contributed by atoms with Gasteiger partial charge in [-0.1, -0.05) is 54.2 Å². The van der Waals surface area contributed by atoms with Crippen LogP contribution in [0.4, 0.5) is 9.59 Å². The summed E-state index contributed by atoms with van der Waals surface area (Å²) in [6.07, 6.45) is 0.599. The number of aliphatic carboxylic acids is 1. The van der Waals surface area contributed by atoms with Gasteiger partial charge in [-0.25, -0.2) is 19.1 Å². The average Bonchev–Trinajstić information content (AvgIpc) is 3.62. The van der Waals surface area contributed by atoms with Gasteiger partial charge in [-0.2, -0.15) is 0 Å². The number of piperazine rings is 1. The highest BCUT2D eigenvalue weighted by Crippen LogP contribution is 2.51. The van der Waals surface area contributed by atoms with Crippen LogP contribution in [0.5, 0.6) is 5.75 Å². The summed E-state index contributed by atoms with van der Waals surface area (Å²) in [7, 11) is 1.64. The van der Waals surface area contributed by atoms with Gasteiger partial charge in [-0.15, -0.1) is 28.6 Å². The number of carboxylic acids is 1. The zero-order chi connectivity index (χ0) is 40.1. The molecule has 3 atom stereocenters. The predicted molar refractivity (Wildman–Crippen MR) is 201 cm³/mol. The second-order valence-electron chi connectivity index (χ2n) is 12.3. The van der Waals surface area contributed by atoms with E-state index in [1.165, 1.54) is 57.4 Å². The molecular formula is C34H35N9O10S3. The molecule has 3 aliphatic rings. The zero-order valence-corrected chi connectivity index (χ0v) is 32.5. The standard InChI is InChI=1S/C34H35N9O10S3/c1-4-41-14-15-42(27(46)26(41)45)31(50)35-23(20-10-12-22(13-11-20)53-33(51)52-16-19-8-6-5-7-9-19)25(44)36-34(54-3)29(49)43-24(28(47)48)21(17-55-30(34)43)18-56-32-37-38-39-40(32)2/h5-13,23,30H,4,14-18H2,1-3H3,(H,35,50)(H,36,44)(H,47,48)/t23?,30-,34+/m1/s1. The number of likely N-dealkylation sites (N-methyl/N-ethyl adjacent to an activating group) is 1. The molecule has 6 rings (SSSR count). The third-order valence-corrected chi connectivity index (χ3v) is 12.8. The molecule has 2 aromatic carbocycles. The van der Waals surface area contributed by atoms with Gasteiger partial charge in [0, 0.05) is 38.2 Å². The monoisotopic (exact) mass is 825 g/mol. The first kappa shape index (κ1) is 40.1. The van der Waals surface area contributed by atoms with Crippen molar-refractivity contribution in [1.82, 2.24) is 45.5 Å². The maximum absolute atomic E-state index is 14.3. The number of carboxylic acid groups (broad SMARTS) is 1. The van der Waals surface area contributed by atoms with Crippen molar-refractivity contribution < 1.29 is 48.1 Å². The van der Waals surface area contributed by atoms with E-state index in [1.807, 2.05) is 6.07 Å². The minimum absolute atomic E-state index is 0.0308. The van der Waals surface area contributed by atoms with E-state index in [-0.39, 0.29) is 54.8 Å². The Labute approximate surface area is 331 Å². The number of carbonyl (C=O) groups excluding carboxylic acids is 6. The van der Waals surface area contributed by atoms with Crippen LogP contribution in [0.1, 0.15) is 24.1 Å². The van der Waals surface area contributed by atoms with Gasteiger partial charge in [-0.05, 0) is 52.4 Å². The first-order valence-electron chi connectivity index (χ1n) is 16.9. The summed E-state index contributed by atoms with van der Waals surface area (Å²) in [5.41, 5.74) is 1.15. The summed E-state index contributed by atoms with van der Waals surface area (Å²) < 4.78 is 11.9. The Kier molecular flexibility index (Phi) is 12.2. The van der Waals surface area contributed by atoms with Crippen molar-refractivity contribution in [1.29, 1.82) is 0 Å². The topological polar surface area (TPSA) is 236 Å². The largest absolute Gasteiger partial charge is 0.514 e. The molecule has 22 heteroatoms. The summed E-state index contributed by atoms with van der Waals surface area (Å²) in [4.78, 5) is 93.7. The highest BCUT2D eigenvalue weighted by molar-refractivity contribution is 8.05. The van der Waals surface area contributed by atoms with Gasteiger partial charge in [-0.3, -0.25) is 29.0 Å². The van der Waals surface area contributed by atoms with Crippen LogP contribution in [0.15, 0.2) is 71.0 Å². The van der Waals surface area contributed by atoms with E-state index in [4.69, 9.17) is 9.47 Å². The molecular weight excluding hydrogens is 791 g/mol. The number of benzene rings is 2. The molecule has 3 aliphatic heterocycles. The third-order valence-electron chi connectivity index (χ3n) is 8.98. The van der Waals surface area contributed by atoms with Gasteiger partial charge >= 0.3 is 30.0 Å². The Morgan fingerprint density at radius 2 is 1.79 bits per heavy atom. The molecule has 0 spiro atoms. The van der Waals surface area contributed by atoms with Crippen LogP contribution in [0.2, 0.25) is 0 Å². The average molecular weight is 826 g/mol. The van der Waals surface area contributed by atoms with E-state index in [9.17, 15) is 38.7 Å². The predicted octanol–water partition coefficient (Wildman–Crippen LogP) is 1.59. The van der Waals surface area contributed by atoms with E-state index in [0.29, 0.717) is 15.6 Å². The number of hydrogen-bond acceptors (Lipinski definition) is 15. The molecule has 0 bridgehead atoms. The fourth-order valence-electron chi connectivity index (χ4n) is 6.05. The fourth-order valence-corrected chi connectivity index (χ4v) is 9.65. The molecule has 2 saturated heterocycles.